The second-order valence-corrected chi connectivity index (χ2v) is 14.4. The van der Waals surface area contributed by atoms with E-state index in [4.69, 9.17) is 0 Å². The Balaban J connectivity index is 1.15. The predicted octanol–water partition coefficient (Wildman–Crippen LogP) is 13.6. The number of thiophene rings is 1. The highest BCUT2D eigenvalue weighted by Gasteiger charge is 2.21. The molecule has 0 atom stereocenters. The summed E-state index contributed by atoms with van der Waals surface area (Å²) in [5.74, 6) is 0. The van der Waals surface area contributed by atoms with Gasteiger partial charge in [-0.05, 0) is 59.7 Å². The SMILES string of the molecule is c1ccc(-c2cccc(-c3ccc(-n4c5ccccc5c5c6c(ccc54)sc4ccccc46)cc3)c2-n2c3ccccc3c3ccccc32)cc1. The van der Waals surface area contributed by atoms with Crippen molar-refractivity contribution in [3.8, 4) is 33.6 Å². The van der Waals surface area contributed by atoms with Gasteiger partial charge in [-0.3, -0.25) is 0 Å². The molecule has 0 amide bonds. The maximum absolute atomic E-state index is 2.47. The summed E-state index contributed by atoms with van der Waals surface area (Å²) in [6, 6.07) is 66.6. The summed E-state index contributed by atoms with van der Waals surface area (Å²) >= 11 is 1.88. The monoisotopic (exact) mass is 666 g/mol. The van der Waals surface area contributed by atoms with Crippen molar-refractivity contribution in [1.29, 1.82) is 0 Å². The third-order valence-corrected chi connectivity index (χ3v) is 11.7. The molecule has 8 aromatic carbocycles. The van der Waals surface area contributed by atoms with Gasteiger partial charge in [0.1, 0.15) is 0 Å². The summed E-state index contributed by atoms with van der Waals surface area (Å²) in [4.78, 5) is 0. The Labute approximate surface area is 298 Å². The quantitative estimate of drug-likeness (QED) is 0.177. The minimum Gasteiger partial charge on any atom is -0.309 e. The predicted molar refractivity (Wildman–Crippen MR) is 219 cm³/mol. The van der Waals surface area contributed by atoms with E-state index in [1.807, 2.05) is 11.3 Å². The first-order valence-electron chi connectivity index (χ1n) is 17.4. The van der Waals surface area contributed by atoms with Crippen molar-refractivity contribution in [1.82, 2.24) is 9.13 Å². The van der Waals surface area contributed by atoms with Crippen LogP contribution in [0.3, 0.4) is 0 Å². The van der Waals surface area contributed by atoms with E-state index in [9.17, 15) is 0 Å². The van der Waals surface area contributed by atoms with Gasteiger partial charge in [0.15, 0.2) is 0 Å². The molecule has 0 N–H and O–H groups in total. The fourth-order valence-electron chi connectivity index (χ4n) is 8.37. The minimum absolute atomic E-state index is 1.15. The molecule has 2 nitrogen and oxygen atoms in total. The van der Waals surface area contributed by atoms with E-state index in [0.29, 0.717) is 0 Å². The van der Waals surface area contributed by atoms with Gasteiger partial charge < -0.3 is 9.13 Å². The number of hydrogen-bond donors (Lipinski definition) is 0. The van der Waals surface area contributed by atoms with E-state index in [1.165, 1.54) is 91.7 Å². The normalized spacial score (nSPS) is 11.9. The number of fused-ring (bicyclic) bond motifs is 10. The Morgan fingerprint density at radius 2 is 0.863 bits per heavy atom. The highest BCUT2D eigenvalue weighted by Crippen LogP contribution is 2.44. The van der Waals surface area contributed by atoms with Crippen molar-refractivity contribution in [2.45, 2.75) is 0 Å². The van der Waals surface area contributed by atoms with Crippen molar-refractivity contribution >= 4 is 75.1 Å². The number of aromatic nitrogens is 2. The molecule has 0 spiro atoms. The summed E-state index contributed by atoms with van der Waals surface area (Å²) in [6.45, 7) is 0. The van der Waals surface area contributed by atoms with Crippen LogP contribution in [-0.4, -0.2) is 9.13 Å². The van der Waals surface area contributed by atoms with Crippen LogP contribution in [0.25, 0.3) is 97.4 Å². The van der Waals surface area contributed by atoms with Crippen LogP contribution >= 0.6 is 11.3 Å². The van der Waals surface area contributed by atoms with E-state index >= 15 is 0 Å². The summed E-state index contributed by atoms with van der Waals surface area (Å²) in [6.07, 6.45) is 0. The fourth-order valence-corrected chi connectivity index (χ4v) is 9.49. The smallest absolute Gasteiger partial charge is 0.0618 e. The van der Waals surface area contributed by atoms with E-state index in [1.54, 1.807) is 0 Å². The lowest BCUT2D eigenvalue weighted by Gasteiger charge is -2.19. The van der Waals surface area contributed by atoms with Crippen LogP contribution in [0.2, 0.25) is 0 Å². The lowest BCUT2D eigenvalue weighted by molar-refractivity contribution is 1.17. The molecule has 0 aliphatic rings. The molecule has 0 saturated carbocycles. The average Bonchev–Trinajstić information content (AvgIpc) is 3.86. The standard InChI is InChI=1S/C48H30N2S/c1-2-13-31(14-3-1)34-19-12-20-35(48(34)50-40-21-8-4-15-36(40)37-16-5-9-22-41(37)50)32-25-27-33(28-26-32)49-42-23-10-6-17-38(42)46-43(49)29-30-45-47(46)39-18-7-11-24-44(39)51-45/h1-30H. The molecule has 51 heavy (non-hydrogen) atoms. The van der Waals surface area contributed by atoms with Crippen molar-refractivity contribution in [2.75, 3.05) is 0 Å². The highest BCUT2D eigenvalue weighted by atomic mass is 32.1. The van der Waals surface area contributed by atoms with Crippen LogP contribution in [-0.2, 0) is 0 Å². The molecule has 3 heteroatoms. The zero-order valence-electron chi connectivity index (χ0n) is 27.6. The van der Waals surface area contributed by atoms with Gasteiger partial charge in [-0.15, -0.1) is 11.3 Å². The highest BCUT2D eigenvalue weighted by molar-refractivity contribution is 7.26. The average molecular weight is 667 g/mol. The number of rotatable bonds is 4. The molecule has 0 bridgehead atoms. The Morgan fingerprint density at radius 3 is 1.55 bits per heavy atom. The zero-order valence-corrected chi connectivity index (χ0v) is 28.4. The van der Waals surface area contributed by atoms with E-state index < -0.39 is 0 Å². The van der Waals surface area contributed by atoms with Gasteiger partial charge in [0.05, 0.1) is 27.8 Å². The van der Waals surface area contributed by atoms with Crippen molar-refractivity contribution < 1.29 is 0 Å². The minimum atomic E-state index is 1.15. The largest absolute Gasteiger partial charge is 0.309 e. The molecule has 3 heterocycles. The number of nitrogens with zero attached hydrogens (tertiary/aromatic N) is 2. The van der Waals surface area contributed by atoms with Gasteiger partial charge in [-0.2, -0.15) is 0 Å². The van der Waals surface area contributed by atoms with Crippen molar-refractivity contribution in [3.05, 3.63) is 182 Å². The van der Waals surface area contributed by atoms with Gasteiger partial charge >= 0.3 is 0 Å². The van der Waals surface area contributed by atoms with E-state index in [0.717, 1.165) is 5.69 Å². The third-order valence-electron chi connectivity index (χ3n) is 10.5. The molecular weight excluding hydrogens is 637 g/mol. The van der Waals surface area contributed by atoms with Crippen LogP contribution in [0.15, 0.2) is 182 Å². The third kappa shape index (κ3) is 4.16. The maximum Gasteiger partial charge on any atom is 0.0618 e. The molecule has 0 radical (unpaired) electrons. The van der Waals surface area contributed by atoms with Gasteiger partial charge in [-0.25, -0.2) is 0 Å². The van der Waals surface area contributed by atoms with Crippen molar-refractivity contribution in [3.63, 3.8) is 0 Å². The molecule has 0 saturated heterocycles. The zero-order chi connectivity index (χ0) is 33.5. The van der Waals surface area contributed by atoms with Gasteiger partial charge in [0.2, 0.25) is 0 Å². The fraction of sp³-hybridized carbons (Fsp3) is 0. The van der Waals surface area contributed by atoms with Crippen LogP contribution in [0, 0.1) is 0 Å². The molecule has 3 aromatic heterocycles. The Hall–Kier alpha value is -6.42. The van der Waals surface area contributed by atoms with E-state index in [2.05, 4.69) is 191 Å². The summed E-state index contributed by atoms with van der Waals surface area (Å²) in [7, 11) is 0. The van der Waals surface area contributed by atoms with Crippen LogP contribution < -0.4 is 0 Å². The first kappa shape index (κ1) is 28.4. The second-order valence-electron chi connectivity index (χ2n) is 13.3. The first-order valence-corrected chi connectivity index (χ1v) is 18.3. The first-order chi connectivity index (χ1) is 25.3. The summed E-state index contributed by atoms with van der Waals surface area (Å²) in [5.41, 5.74) is 12.0. The summed E-state index contributed by atoms with van der Waals surface area (Å²) in [5, 5.41) is 7.82. The molecule has 0 fully saturated rings. The number of para-hydroxylation sites is 4. The van der Waals surface area contributed by atoms with Gasteiger partial charge in [-0.1, -0.05) is 133 Å². The molecular formula is C48H30N2S. The maximum atomic E-state index is 2.47. The Morgan fingerprint density at radius 1 is 0.314 bits per heavy atom. The molecule has 11 rings (SSSR count). The van der Waals surface area contributed by atoms with Gasteiger partial charge in [0.25, 0.3) is 0 Å². The molecule has 238 valence electrons. The number of benzene rings is 8. The van der Waals surface area contributed by atoms with Crippen LogP contribution in [0.4, 0.5) is 0 Å². The van der Waals surface area contributed by atoms with Crippen LogP contribution in [0.5, 0.6) is 0 Å². The van der Waals surface area contributed by atoms with E-state index in [-0.39, 0.29) is 0 Å². The molecule has 0 aliphatic heterocycles. The van der Waals surface area contributed by atoms with Gasteiger partial charge in [0, 0.05) is 58.5 Å². The molecule has 11 aromatic rings. The molecule has 0 aliphatic carbocycles. The van der Waals surface area contributed by atoms with Crippen molar-refractivity contribution in [2.24, 2.45) is 0 Å². The lowest BCUT2D eigenvalue weighted by atomic mass is 9.95. The second kappa shape index (κ2) is 11.0. The summed E-state index contributed by atoms with van der Waals surface area (Å²) < 4.78 is 7.57. The van der Waals surface area contributed by atoms with Crippen LogP contribution in [0.1, 0.15) is 0 Å². The Kier molecular flexibility index (Phi) is 6.16. The lowest BCUT2D eigenvalue weighted by Crippen LogP contribution is -2.01. The molecule has 0 unspecified atom stereocenters. The number of hydrogen-bond acceptors (Lipinski definition) is 1. The Bertz CT molecular complexity index is 3070. The topological polar surface area (TPSA) is 9.86 Å².